The molecule has 2 aromatic carbocycles. The molecule has 0 saturated carbocycles. The minimum absolute atomic E-state index is 0.601. The second-order valence-electron chi connectivity index (χ2n) is 3.92. The quantitative estimate of drug-likeness (QED) is 0.667. The van der Waals surface area contributed by atoms with Crippen LogP contribution in [0.15, 0.2) is 34.8 Å². The summed E-state index contributed by atoms with van der Waals surface area (Å²) in [6.45, 7) is 0. The number of hydrogen-bond acceptors (Lipinski definition) is 5. The van der Waals surface area contributed by atoms with Crippen molar-refractivity contribution >= 4 is 67.4 Å². The zero-order chi connectivity index (χ0) is 13.4. The normalized spacial score (nSPS) is 10.8. The molecule has 96 valence electrons. The molecule has 1 aromatic heterocycles. The minimum Gasteiger partial charge on any atom is -0.399 e. The van der Waals surface area contributed by atoms with Crippen LogP contribution in [-0.4, -0.2) is 8.75 Å². The monoisotopic (exact) mass is 354 g/mol. The van der Waals surface area contributed by atoms with Gasteiger partial charge in [-0.15, -0.1) is 0 Å². The predicted octanol–water partition coefficient (Wildman–Crippen LogP) is 4.43. The molecule has 0 saturated heterocycles. The molecule has 19 heavy (non-hydrogen) atoms. The van der Waals surface area contributed by atoms with E-state index in [-0.39, 0.29) is 0 Å². The molecular weight excluding hydrogens is 348 g/mol. The van der Waals surface area contributed by atoms with Crippen LogP contribution in [0.4, 0.5) is 17.1 Å². The maximum absolute atomic E-state index is 6.23. The lowest BCUT2D eigenvalue weighted by Crippen LogP contribution is -1.95. The number of rotatable bonds is 2. The van der Waals surface area contributed by atoms with Crippen LogP contribution in [0.1, 0.15) is 0 Å². The second-order valence-corrected chi connectivity index (χ2v) is 5.71. The lowest BCUT2D eigenvalue weighted by atomic mass is 10.2. The largest absolute Gasteiger partial charge is 0.399 e. The van der Waals surface area contributed by atoms with Gasteiger partial charge in [0.05, 0.1) is 28.1 Å². The summed E-state index contributed by atoms with van der Waals surface area (Å²) in [5.41, 5.74) is 9.62. The summed E-state index contributed by atoms with van der Waals surface area (Å²) < 4.78 is 9.33. The van der Waals surface area contributed by atoms with Gasteiger partial charge in [-0.2, -0.15) is 8.75 Å². The molecule has 3 N–H and O–H groups in total. The van der Waals surface area contributed by atoms with E-state index < -0.39 is 0 Å². The molecule has 0 bridgehead atoms. The van der Waals surface area contributed by atoms with Crippen LogP contribution in [0.2, 0.25) is 5.02 Å². The number of hydrogen-bond donors (Lipinski definition) is 2. The van der Waals surface area contributed by atoms with E-state index in [2.05, 4.69) is 30.0 Å². The first-order chi connectivity index (χ1) is 9.15. The van der Waals surface area contributed by atoms with Crippen LogP contribution in [0.3, 0.4) is 0 Å². The summed E-state index contributed by atoms with van der Waals surface area (Å²) in [6, 6.07) is 9.19. The molecule has 0 amide bonds. The van der Waals surface area contributed by atoms with E-state index in [0.717, 1.165) is 38.6 Å². The van der Waals surface area contributed by atoms with Crippen LogP contribution in [-0.2, 0) is 0 Å². The Bertz CT molecular complexity index is 759. The van der Waals surface area contributed by atoms with Gasteiger partial charge in [0.15, 0.2) is 0 Å². The summed E-state index contributed by atoms with van der Waals surface area (Å²) in [4.78, 5) is 0. The molecule has 0 atom stereocenters. The third-order valence-corrected chi connectivity index (χ3v) is 4.14. The molecule has 0 aliphatic rings. The molecule has 0 aliphatic carbocycles. The van der Waals surface area contributed by atoms with Crippen LogP contribution in [0.25, 0.3) is 11.0 Å². The summed E-state index contributed by atoms with van der Waals surface area (Å²) in [5, 5.41) is 3.87. The Labute approximate surface area is 127 Å². The number of nitrogens with two attached hydrogens (primary N) is 1. The predicted molar refractivity (Wildman–Crippen MR) is 84.3 cm³/mol. The number of nitrogen functional groups attached to an aromatic ring is 1. The second kappa shape index (κ2) is 4.96. The molecular formula is C12H8BrClN4S. The van der Waals surface area contributed by atoms with Crippen LogP contribution in [0, 0.1) is 0 Å². The van der Waals surface area contributed by atoms with Crippen molar-refractivity contribution in [3.8, 4) is 0 Å². The van der Waals surface area contributed by atoms with E-state index in [0.29, 0.717) is 10.7 Å². The molecule has 0 radical (unpaired) electrons. The van der Waals surface area contributed by atoms with E-state index in [4.69, 9.17) is 17.3 Å². The summed E-state index contributed by atoms with van der Waals surface area (Å²) in [6.07, 6.45) is 0. The molecule has 0 fully saturated rings. The summed E-state index contributed by atoms with van der Waals surface area (Å²) in [5.74, 6) is 0. The van der Waals surface area contributed by atoms with Crippen molar-refractivity contribution in [2.45, 2.75) is 0 Å². The Hall–Kier alpha value is -1.37. The highest BCUT2D eigenvalue weighted by Crippen LogP contribution is 2.35. The molecule has 3 rings (SSSR count). The van der Waals surface area contributed by atoms with Gasteiger partial charge in [0.25, 0.3) is 0 Å². The van der Waals surface area contributed by atoms with Crippen molar-refractivity contribution < 1.29 is 0 Å². The van der Waals surface area contributed by atoms with E-state index in [1.54, 1.807) is 6.07 Å². The highest BCUT2D eigenvalue weighted by Gasteiger charge is 2.11. The van der Waals surface area contributed by atoms with E-state index in [9.17, 15) is 0 Å². The van der Waals surface area contributed by atoms with Crippen LogP contribution >= 0.6 is 39.3 Å². The lowest BCUT2D eigenvalue weighted by molar-refractivity contribution is 1.52. The van der Waals surface area contributed by atoms with Gasteiger partial charge in [0.1, 0.15) is 11.0 Å². The molecule has 0 spiro atoms. The van der Waals surface area contributed by atoms with Gasteiger partial charge in [-0.05, 0) is 46.3 Å². The maximum atomic E-state index is 6.23. The van der Waals surface area contributed by atoms with Crippen molar-refractivity contribution in [3.05, 3.63) is 39.8 Å². The van der Waals surface area contributed by atoms with Gasteiger partial charge >= 0.3 is 0 Å². The first-order valence-corrected chi connectivity index (χ1v) is 7.28. The van der Waals surface area contributed by atoms with Gasteiger partial charge in [-0.25, -0.2) is 0 Å². The smallest absolute Gasteiger partial charge is 0.129 e. The lowest BCUT2D eigenvalue weighted by Gasteiger charge is -2.11. The highest BCUT2D eigenvalue weighted by atomic mass is 79.9. The molecule has 0 aliphatic heterocycles. The number of halogens is 2. The summed E-state index contributed by atoms with van der Waals surface area (Å²) in [7, 11) is 0. The first kappa shape index (κ1) is 12.7. The minimum atomic E-state index is 0.601. The number of aromatic nitrogens is 2. The van der Waals surface area contributed by atoms with Gasteiger partial charge < -0.3 is 11.1 Å². The fraction of sp³-hybridized carbons (Fsp3) is 0. The third-order valence-electron chi connectivity index (χ3n) is 2.63. The molecule has 4 nitrogen and oxygen atoms in total. The van der Waals surface area contributed by atoms with Gasteiger partial charge in [-0.1, -0.05) is 11.6 Å². The Morgan fingerprint density at radius 3 is 2.84 bits per heavy atom. The highest BCUT2D eigenvalue weighted by molar-refractivity contribution is 9.10. The first-order valence-electron chi connectivity index (χ1n) is 5.38. The molecule has 0 unspecified atom stereocenters. The van der Waals surface area contributed by atoms with Gasteiger partial charge in [-0.3, -0.25) is 0 Å². The standard InChI is InChI=1S/C12H8BrClN4S/c13-7-5-6(15)1-3-9(7)16-11-8(14)2-4-10-12(11)18-19-17-10/h1-5,16H,15H2. The number of nitrogens with one attached hydrogen (secondary N) is 1. The van der Waals surface area contributed by atoms with Crippen molar-refractivity contribution in [2.75, 3.05) is 11.1 Å². The number of fused-ring (bicyclic) bond motifs is 1. The number of anilines is 3. The van der Waals surface area contributed by atoms with E-state index in [1.165, 1.54) is 0 Å². The van der Waals surface area contributed by atoms with E-state index >= 15 is 0 Å². The SMILES string of the molecule is Nc1ccc(Nc2c(Cl)ccc3nsnc23)c(Br)c1. The third kappa shape index (κ3) is 2.39. The van der Waals surface area contributed by atoms with Crippen LogP contribution in [0.5, 0.6) is 0 Å². The Morgan fingerprint density at radius 1 is 1.21 bits per heavy atom. The van der Waals surface area contributed by atoms with Crippen molar-refractivity contribution in [1.82, 2.24) is 8.75 Å². The Kier molecular flexibility index (Phi) is 3.30. The Morgan fingerprint density at radius 2 is 2.05 bits per heavy atom. The number of nitrogens with zero attached hydrogens (tertiary/aromatic N) is 2. The molecule has 1 heterocycles. The fourth-order valence-corrected chi connectivity index (χ4v) is 2.95. The average molecular weight is 356 g/mol. The number of benzene rings is 2. The van der Waals surface area contributed by atoms with Gasteiger partial charge in [0.2, 0.25) is 0 Å². The van der Waals surface area contributed by atoms with Crippen molar-refractivity contribution in [1.29, 1.82) is 0 Å². The van der Waals surface area contributed by atoms with Crippen LogP contribution < -0.4 is 11.1 Å². The fourth-order valence-electron chi connectivity index (χ4n) is 1.71. The average Bonchev–Trinajstić information content (AvgIpc) is 2.84. The molecule has 7 heteroatoms. The van der Waals surface area contributed by atoms with Gasteiger partial charge in [0, 0.05) is 10.2 Å². The summed E-state index contributed by atoms with van der Waals surface area (Å²) >= 11 is 10.9. The molecule has 3 aromatic rings. The zero-order valence-corrected chi connectivity index (χ0v) is 12.7. The topological polar surface area (TPSA) is 63.8 Å². The van der Waals surface area contributed by atoms with Crippen molar-refractivity contribution in [3.63, 3.8) is 0 Å². The Balaban J connectivity index is 2.10. The zero-order valence-electron chi connectivity index (χ0n) is 9.52. The van der Waals surface area contributed by atoms with Crippen molar-refractivity contribution in [2.24, 2.45) is 0 Å². The van der Waals surface area contributed by atoms with E-state index in [1.807, 2.05) is 24.3 Å². The maximum Gasteiger partial charge on any atom is 0.129 e.